The van der Waals surface area contributed by atoms with Crippen LogP contribution in [0.5, 0.6) is 0 Å². The molecule has 12 rings (SSSR count). The third kappa shape index (κ3) is 4.51. The Hall–Kier alpha value is -6.80. The van der Waals surface area contributed by atoms with Crippen LogP contribution in [0, 0.1) is 0 Å². The number of thiophene rings is 1. The van der Waals surface area contributed by atoms with E-state index in [-0.39, 0.29) is 0 Å². The molecule has 11 aromatic carbocycles. The predicted molar refractivity (Wildman–Crippen MR) is 241 cm³/mol. The Kier molecular flexibility index (Phi) is 6.60. The Morgan fingerprint density at radius 2 is 0.764 bits per heavy atom. The van der Waals surface area contributed by atoms with Gasteiger partial charge in [0.2, 0.25) is 0 Å². The zero-order chi connectivity index (χ0) is 36.0. The fourth-order valence-electron chi connectivity index (χ4n) is 9.42. The minimum atomic E-state index is 1.24. The zero-order valence-corrected chi connectivity index (χ0v) is 30.7. The van der Waals surface area contributed by atoms with Gasteiger partial charge < -0.3 is 0 Å². The Morgan fingerprint density at radius 3 is 1.45 bits per heavy atom. The minimum absolute atomic E-state index is 1.24. The van der Waals surface area contributed by atoms with Gasteiger partial charge in [-0.3, -0.25) is 0 Å². The van der Waals surface area contributed by atoms with Crippen LogP contribution in [0.1, 0.15) is 0 Å². The highest BCUT2D eigenvalue weighted by Gasteiger charge is 2.20. The van der Waals surface area contributed by atoms with Gasteiger partial charge >= 0.3 is 0 Å². The van der Waals surface area contributed by atoms with Crippen molar-refractivity contribution in [1.82, 2.24) is 0 Å². The lowest BCUT2D eigenvalue weighted by molar-refractivity contribution is 1.67. The van der Waals surface area contributed by atoms with E-state index in [0.29, 0.717) is 0 Å². The Morgan fingerprint density at radius 1 is 0.273 bits per heavy atom. The molecule has 0 saturated heterocycles. The molecule has 1 heteroatoms. The normalized spacial score (nSPS) is 12.0. The Bertz CT molecular complexity index is 3490. The Labute approximate surface area is 322 Å². The highest BCUT2D eigenvalue weighted by atomic mass is 32.1. The molecule has 0 unspecified atom stereocenters. The molecule has 0 fully saturated rings. The Balaban J connectivity index is 1.11. The average molecular weight is 713 g/mol. The van der Waals surface area contributed by atoms with E-state index < -0.39 is 0 Å². The van der Waals surface area contributed by atoms with Gasteiger partial charge in [0.25, 0.3) is 0 Å². The summed E-state index contributed by atoms with van der Waals surface area (Å²) in [5.74, 6) is 0. The summed E-state index contributed by atoms with van der Waals surface area (Å²) >= 11 is 1.92. The number of fused-ring (bicyclic) bond motifs is 12. The maximum Gasteiger partial charge on any atom is 0.0440 e. The smallest absolute Gasteiger partial charge is 0.0440 e. The molecular formula is C54H32S. The van der Waals surface area contributed by atoms with Crippen LogP contribution in [0.3, 0.4) is 0 Å². The minimum Gasteiger partial charge on any atom is -0.135 e. The van der Waals surface area contributed by atoms with Gasteiger partial charge in [-0.05, 0) is 111 Å². The number of rotatable bonds is 3. The largest absolute Gasteiger partial charge is 0.135 e. The van der Waals surface area contributed by atoms with Crippen LogP contribution in [0.4, 0.5) is 0 Å². The van der Waals surface area contributed by atoms with Gasteiger partial charge in [-0.1, -0.05) is 176 Å². The summed E-state index contributed by atoms with van der Waals surface area (Å²) < 4.78 is 2.69. The lowest BCUT2D eigenvalue weighted by Crippen LogP contribution is -1.92. The van der Waals surface area contributed by atoms with Gasteiger partial charge in [0.15, 0.2) is 0 Å². The molecule has 0 nitrogen and oxygen atoms in total. The second-order valence-electron chi connectivity index (χ2n) is 14.7. The molecule has 1 aromatic heterocycles. The van der Waals surface area contributed by atoms with E-state index in [0.717, 1.165) is 0 Å². The second-order valence-corrected chi connectivity index (χ2v) is 15.8. The van der Waals surface area contributed by atoms with Crippen molar-refractivity contribution in [3.05, 3.63) is 194 Å². The van der Waals surface area contributed by atoms with Gasteiger partial charge in [0.1, 0.15) is 0 Å². The van der Waals surface area contributed by atoms with Crippen LogP contribution < -0.4 is 0 Å². The third-order valence-electron chi connectivity index (χ3n) is 11.8. The van der Waals surface area contributed by atoms with Crippen LogP contribution in [0.25, 0.3) is 118 Å². The quantitative estimate of drug-likeness (QED) is 0.126. The molecule has 12 aromatic rings. The summed E-state index contributed by atoms with van der Waals surface area (Å²) in [4.78, 5) is 0. The molecular weight excluding hydrogens is 681 g/mol. The van der Waals surface area contributed by atoms with E-state index in [9.17, 15) is 0 Å². The van der Waals surface area contributed by atoms with Crippen molar-refractivity contribution in [3.8, 4) is 33.4 Å². The van der Waals surface area contributed by atoms with Gasteiger partial charge in [0, 0.05) is 25.6 Å². The molecule has 0 N–H and O–H groups in total. The monoisotopic (exact) mass is 712 g/mol. The molecule has 0 spiro atoms. The fourth-order valence-corrected chi connectivity index (χ4v) is 10.7. The highest BCUT2D eigenvalue weighted by Crippen LogP contribution is 2.48. The first kappa shape index (κ1) is 30.6. The molecule has 0 radical (unpaired) electrons. The van der Waals surface area contributed by atoms with Crippen LogP contribution in [-0.2, 0) is 0 Å². The third-order valence-corrected chi connectivity index (χ3v) is 13.0. The molecule has 254 valence electrons. The summed E-state index contributed by atoms with van der Waals surface area (Å²) in [6.45, 7) is 0. The first-order valence-corrected chi connectivity index (χ1v) is 19.8. The molecule has 1 heterocycles. The van der Waals surface area contributed by atoms with Crippen molar-refractivity contribution < 1.29 is 0 Å². The van der Waals surface area contributed by atoms with E-state index in [1.165, 1.54) is 118 Å². The van der Waals surface area contributed by atoms with Crippen LogP contribution in [0.15, 0.2) is 194 Å². The summed E-state index contributed by atoms with van der Waals surface area (Å²) in [6.07, 6.45) is 0. The maximum atomic E-state index is 2.44. The SMILES string of the molecule is c1ccc2cc(-c3c4ccccc4c(-c4ccc(-c5ccc6sc7c8ccccc8c8ccccc8c7c6c5)c5ccccc45)c4ccccc34)ccc2c1. The van der Waals surface area contributed by atoms with Crippen molar-refractivity contribution >= 4 is 96.1 Å². The van der Waals surface area contributed by atoms with E-state index >= 15 is 0 Å². The van der Waals surface area contributed by atoms with Crippen LogP contribution in [-0.4, -0.2) is 0 Å². The van der Waals surface area contributed by atoms with Crippen molar-refractivity contribution in [1.29, 1.82) is 0 Å². The first-order valence-electron chi connectivity index (χ1n) is 19.0. The standard InChI is InChI=1S/C54H32S/c1-2-14-34-31-36(26-25-33(34)13-1)51-43-20-8-10-22-45(43)52(46-23-11-9-21-44(46)51)47-29-28-37(38-15-3-4-16-39(38)47)35-27-30-50-49(32-35)53-42-19-7-5-17-40(42)41-18-6-12-24-48(41)54(53)55-50/h1-32H. The molecule has 0 aliphatic heterocycles. The van der Waals surface area contributed by atoms with Gasteiger partial charge in [-0.15, -0.1) is 11.3 Å². The summed E-state index contributed by atoms with van der Waals surface area (Å²) in [5, 5.41) is 18.1. The highest BCUT2D eigenvalue weighted by molar-refractivity contribution is 7.27. The number of hydrogen-bond donors (Lipinski definition) is 0. The molecule has 0 bridgehead atoms. The summed E-state index contributed by atoms with van der Waals surface area (Å²) in [5.41, 5.74) is 7.58. The van der Waals surface area contributed by atoms with Crippen molar-refractivity contribution in [3.63, 3.8) is 0 Å². The topological polar surface area (TPSA) is 0 Å². The fraction of sp³-hybridized carbons (Fsp3) is 0. The summed E-state index contributed by atoms with van der Waals surface area (Å²) in [6, 6.07) is 72.2. The maximum absolute atomic E-state index is 2.44. The zero-order valence-electron chi connectivity index (χ0n) is 29.9. The average Bonchev–Trinajstić information content (AvgIpc) is 3.65. The molecule has 0 aliphatic carbocycles. The van der Waals surface area contributed by atoms with E-state index in [2.05, 4.69) is 194 Å². The van der Waals surface area contributed by atoms with Crippen molar-refractivity contribution in [2.45, 2.75) is 0 Å². The van der Waals surface area contributed by atoms with Gasteiger partial charge in [0.05, 0.1) is 0 Å². The lowest BCUT2D eigenvalue weighted by Gasteiger charge is -2.20. The second kappa shape index (κ2) is 11.9. The lowest BCUT2D eigenvalue weighted by atomic mass is 9.83. The van der Waals surface area contributed by atoms with Crippen LogP contribution >= 0.6 is 11.3 Å². The van der Waals surface area contributed by atoms with Gasteiger partial charge in [-0.2, -0.15) is 0 Å². The van der Waals surface area contributed by atoms with Gasteiger partial charge in [-0.25, -0.2) is 0 Å². The van der Waals surface area contributed by atoms with Crippen molar-refractivity contribution in [2.75, 3.05) is 0 Å². The first-order chi connectivity index (χ1) is 27.3. The summed E-state index contributed by atoms with van der Waals surface area (Å²) in [7, 11) is 0. The molecule has 0 saturated carbocycles. The number of benzene rings is 11. The predicted octanol–water partition coefficient (Wildman–Crippen LogP) is 16.0. The van der Waals surface area contributed by atoms with Crippen LogP contribution in [0.2, 0.25) is 0 Å². The van der Waals surface area contributed by atoms with E-state index in [1.807, 2.05) is 11.3 Å². The molecule has 55 heavy (non-hydrogen) atoms. The molecule has 0 aliphatic rings. The molecule has 0 amide bonds. The van der Waals surface area contributed by atoms with Crippen molar-refractivity contribution in [2.24, 2.45) is 0 Å². The van der Waals surface area contributed by atoms with E-state index in [4.69, 9.17) is 0 Å². The number of hydrogen-bond acceptors (Lipinski definition) is 1. The van der Waals surface area contributed by atoms with E-state index in [1.54, 1.807) is 0 Å². The molecule has 0 atom stereocenters.